The number of carbonyl (C=O) groups is 2. The van der Waals surface area contributed by atoms with Crippen molar-refractivity contribution in [3.8, 4) is 11.5 Å². The maximum absolute atomic E-state index is 15.3. The van der Waals surface area contributed by atoms with Gasteiger partial charge in [-0.25, -0.2) is 9.37 Å². The lowest BCUT2D eigenvalue weighted by Crippen LogP contribution is -2.53. The minimum atomic E-state index is -1.27. The molecule has 0 aliphatic carbocycles. The van der Waals surface area contributed by atoms with Crippen LogP contribution in [0, 0.1) is 0 Å². The van der Waals surface area contributed by atoms with Crippen molar-refractivity contribution in [1.29, 1.82) is 0 Å². The number of fused-ring (bicyclic) bond motifs is 2. The normalized spacial score (nSPS) is 19.6. The maximum Gasteiger partial charge on any atom is 0.272 e. The predicted octanol–water partition coefficient (Wildman–Crippen LogP) is 1.92. The number of methoxy groups -OCH3 is 1. The van der Waals surface area contributed by atoms with E-state index in [-0.39, 0.29) is 36.1 Å². The van der Waals surface area contributed by atoms with E-state index in [0.29, 0.717) is 37.6 Å². The highest BCUT2D eigenvalue weighted by atomic mass is 19.1. The van der Waals surface area contributed by atoms with Crippen LogP contribution < -0.4 is 20.3 Å². The molecular formula is C26H28FN5O5. The van der Waals surface area contributed by atoms with E-state index < -0.39 is 18.1 Å². The van der Waals surface area contributed by atoms with Crippen molar-refractivity contribution in [2.45, 2.75) is 25.2 Å². The molecule has 5 rings (SSSR count). The second-order valence-corrected chi connectivity index (χ2v) is 9.22. The molecule has 0 saturated carbocycles. The number of aromatic nitrogens is 2. The third-order valence-electron chi connectivity index (χ3n) is 6.94. The summed E-state index contributed by atoms with van der Waals surface area (Å²) in [5, 5.41) is 3.50. The van der Waals surface area contributed by atoms with Gasteiger partial charge in [0.1, 0.15) is 17.6 Å². The van der Waals surface area contributed by atoms with E-state index in [2.05, 4.69) is 10.3 Å². The molecule has 37 heavy (non-hydrogen) atoms. The molecule has 194 valence electrons. The van der Waals surface area contributed by atoms with E-state index in [1.807, 2.05) is 23.1 Å². The smallest absolute Gasteiger partial charge is 0.272 e. The van der Waals surface area contributed by atoms with Crippen LogP contribution in [0.2, 0.25) is 0 Å². The van der Waals surface area contributed by atoms with Gasteiger partial charge in [0.2, 0.25) is 0 Å². The molecule has 0 spiro atoms. The second-order valence-electron chi connectivity index (χ2n) is 9.22. The molecule has 3 aromatic rings. The van der Waals surface area contributed by atoms with Crippen molar-refractivity contribution >= 4 is 28.5 Å². The number of anilines is 1. The van der Waals surface area contributed by atoms with Gasteiger partial charge >= 0.3 is 0 Å². The van der Waals surface area contributed by atoms with Gasteiger partial charge in [0.25, 0.3) is 17.4 Å². The molecule has 1 fully saturated rings. The van der Waals surface area contributed by atoms with Crippen LogP contribution in [-0.2, 0) is 11.3 Å². The van der Waals surface area contributed by atoms with Crippen molar-refractivity contribution in [3.63, 3.8) is 0 Å². The summed E-state index contributed by atoms with van der Waals surface area (Å²) in [4.78, 5) is 44.7. The number of alkyl halides is 1. The van der Waals surface area contributed by atoms with Crippen molar-refractivity contribution in [2.24, 2.45) is 0 Å². The first-order chi connectivity index (χ1) is 17.8. The Balaban J connectivity index is 1.23. The van der Waals surface area contributed by atoms with Crippen LogP contribution in [-0.4, -0.2) is 83.8 Å². The monoisotopic (exact) mass is 509 g/mol. The van der Waals surface area contributed by atoms with Gasteiger partial charge in [-0.1, -0.05) is 0 Å². The number of piperidine rings is 1. The topological polar surface area (TPSA) is 106 Å². The molecule has 2 aromatic heterocycles. The van der Waals surface area contributed by atoms with Gasteiger partial charge in [-0.05, 0) is 42.1 Å². The van der Waals surface area contributed by atoms with E-state index >= 15 is 4.39 Å². The molecule has 1 aromatic carbocycles. The van der Waals surface area contributed by atoms with Crippen LogP contribution in [0.15, 0.2) is 47.3 Å². The molecule has 2 atom stereocenters. The number of pyridine rings is 2. The third kappa shape index (κ3) is 4.99. The number of halogens is 1. The lowest BCUT2D eigenvalue weighted by Gasteiger charge is -2.39. The first-order valence-electron chi connectivity index (χ1n) is 12.1. The minimum absolute atomic E-state index is 0.104. The first kappa shape index (κ1) is 24.7. The number of hydrogen-bond donors (Lipinski definition) is 1. The number of benzene rings is 1. The molecule has 2 aliphatic rings. The largest absolute Gasteiger partial charge is 0.497 e. The highest BCUT2D eigenvalue weighted by Gasteiger charge is 2.35. The van der Waals surface area contributed by atoms with E-state index in [0.717, 1.165) is 10.9 Å². The Morgan fingerprint density at radius 1 is 1.22 bits per heavy atom. The molecule has 2 aliphatic heterocycles. The SMILES string of the molecule is COc1ccc2ccc(=O)n(CCN3CCC(N(C)C(=O)c4ccc5c(n4)NC(=O)CO5)C(F)C3)c2c1. The summed E-state index contributed by atoms with van der Waals surface area (Å²) in [6, 6.07) is 11.4. The Morgan fingerprint density at radius 2 is 2.03 bits per heavy atom. The standard InChI is InChI=1S/C26H28FN5O5/c1-30(26(35)19-6-7-22-25(28-19)29-23(33)15-37-22)20-9-10-31(14-18(20)27)11-12-32-21-13-17(36-2)5-3-16(21)4-8-24(32)34/h3-8,13,18,20H,9-12,14-15H2,1-2H3,(H,28,29,33). The van der Waals surface area contributed by atoms with Gasteiger partial charge in [0.05, 0.1) is 18.7 Å². The zero-order valence-electron chi connectivity index (χ0n) is 20.6. The summed E-state index contributed by atoms with van der Waals surface area (Å²) < 4.78 is 27.6. The van der Waals surface area contributed by atoms with Crippen molar-refractivity contribution < 1.29 is 23.5 Å². The lowest BCUT2D eigenvalue weighted by atomic mass is 10.0. The summed E-state index contributed by atoms with van der Waals surface area (Å²) in [7, 11) is 3.14. The number of likely N-dealkylation sites (tertiary alicyclic amines) is 1. The molecule has 0 radical (unpaired) electrons. The van der Waals surface area contributed by atoms with Gasteiger partial charge in [0, 0.05) is 45.4 Å². The van der Waals surface area contributed by atoms with Crippen molar-refractivity contribution in [1.82, 2.24) is 19.4 Å². The molecule has 2 unspecified atom stereocenters. The van der Waals surface area contributed by atoms with Crippen LogP contribution in [0.4, 0.5) is 10.2 Å². The number of ether oxygens (including phenoxy) is 2. The summed E-state index contributed by atoms with van der Waals surface area (Å²) in [6.07, 6.45) is -0.834. The average molecular weight is 510 g/mol. The van der Waals surface area contributed by atoms with Gasteiger partial charge in [-0.15, -0.1) is 0 Å². The zero-order chi connectivity index (χ0) is 26.1. The highest BCUT2D eigenvalue weighted by molar-refractivity contribution is 5.97. The van der Waals surface area contributed by atoms with Crippen molar-refractivity contribution in [3.05, 3.63) is 58.5 Å². The van der Waals surface area contributed by atoms with E-state index in [4.69, 9.17) is 9.47 Å². The Morgan fingerprint density at radius 3 is 2.81 bits per heavy atom. The van der Waals surface area contributed by atoms with E-state index in [9.17, 15) is 14.4 Å². The molecule has 2 amide bonds. The molecule has 4 heterocycles. The number of rotatable bonds is 6. The van der Waals surface area contributed by atoms with Gasteiger partial charge in [-0.3, -0.25) is 19.3 Å². The predicted molar refractivity (Wildman–Crippen MR) is 135 cm³/mol. The Labute approximate surface area is 212 Å². The first-order valence-corrected chi connectivity index (χ1v) is 12.1. The molecule has 1 N–H and O–H groups in total. The quantitative estimate of drug-likeness (QED) is 0.541. The van der Waals surface area contributed by atoms with Crippen LogP contribution >= 0.6 is 0 Å². The Bertz CT molecular complexity index is 1410. The van der Waals surface area contributed by atoms with Crippen LogP contribution in [0.1, 0.15) is 16.9 Å². The molecule has 0 bridgehead atoms. The fraction of sp³-hybridized carbons (Fsp3) is 0.385. The van der Waals surface area contributed by atoms with Gasteiger partial charge < -0.3 is 24.3 Å². The van der Waals surface area contributed by atoms with Gasteiger partial charge in [0.15, 0.2) is 18.2 Å². The third-order valence-corrected chi connectivity index (χ3v) is 6.94. The van der Waals surface area contributed by atoms with Crippen LogP contribution in [0.25, 0.3) is 10.9 Å². The number of nitrogens with zero attached hydrogens (tertiary/aromatic N) is 4. The fourth-order valence-electron chi connectivity index (χ4n) is 4.88. The minimum Gasteiger partial charge on any atom is -0.497 e. The molecule has 1 saturated heterocycles. The summed E-state index contributed by atoms with van der Waals surface area (Å²) >= 11 is 0. The van der Waals surface area contributed by atoms with E-state index in [1.54, 1.807) is 30.9 Å². The number of hydrogen-bond acceptors (Lipinski definition) is 7. The molecular weight excluding hydrogens is 481 g/mol. The average Bonchev–Trinajstić information content (AvgIpc) is 2.91. The zero-order valence-corrected chi connectivity index (χ0v) is 20.6. The number of nitrogens with one attached hydrogen (secondary N) is 1. The van der Waals surface area contributed by atoms with Crippen LogP contribution in [0.5, 0.6) is 11.5 Å². The molecule has 10 nitrogen and oxygen atoms in total. The van der Waals surface area contributed by atoms with E-state index in [1.165, 1.54) is 17.0 Å². The summed E-state index contributed by atoms with van der Waals surface area (Å²) in [5.74, 6) is 0.453. The number of amides is 2. The van der Waals surface area contributed by atoms with Gasteiger partial charge in [-0.2, -0.15) is 0 Å². The van der Waals surface area contributed by atoms with Crippen LogP contribution in [0.3, 0.4) is 0 Å². The second kappa shape index (κ2) is 10.2. The lowest BCUT2D eigenvalue weighted by molar-refractivity contribution is -0.118. The summed E-state index contributed by atoms with van der Waals surface area (Å²) in [6.45, 7) is 1.52. The molecule has 11 heteroatoms. The highest BCUT2D eigenvalue weighted by Crippen LogP contribution is 2.27. The fourth-order valence-corrected chi connectivity index (χ4v) is 4.88. The van der Waals surface area contributed by atoms with Crippen molar-refractivity contribution in [2.75, 3.05) is 45.7 Å². The Hall–Kier alpha value is -3.99. The summed E-state index contributed by atoms with van der Waals surface area (Å²) in [5.41, 5.74) is 0.743. The maximum atomic E-state index is 15.3. The Kier molecular flexibility index (Phi) is 6.79. The number of carbonyl (C=O) groups excluding carboxylic acids is 2.